The van der Waals surface area contributed by atoms with Gasteiger partial charge in [-0.1, -0.05) is 24.3 Å². The molecule has 7 nitrogen and oxygen atoms in total. The molecule has 0 aliphatic carbocycles. The normalized spacial score (nSPS) is 13.0. The summed E-state index contributed by atoms with van der Waals surface area (Å²) < 4.78 is 17.8. The molecule has 1 aliphatic heterocycles. The lowest BCUT2D eigenvalue weighted by molar-refractivity contribution is -0.116. The van der Waals surface area contributed by atoms with Crippen LogP contribution in [0.2, 0.25) is 0 Å². The van der Waals surface area contributed by atoms with Gasteiger partial charge >= 0.3 is 0 Å². The average Bonchev–Trinajstić information content (AvgIpc) is 3.02. The van der Waals surface area contributed by atoms with E-state index in [0.717, 1.165) is 35.7 Å². The Morgan fingerprint density at radius 2 is 1.85 bits per heavy atom. The predicted octanol–water partition coefficient (Wildman–Crippen LogP) is 3.58. The molecule has 0 saturated carbocycles. The highest BCUT2D eigenvalue weighted by atomic mass is 32.2. The van der Waals surface area contributed by atoms with E-state index in [1.54, 1.807) is 18.7 Å². The summed E-state index contributed by atoms with van der Waals surface area (Å²) >= 11 is 1.14. The van der Waals surface area contributed by atoms with Crippen molar-refractivity contribution in [2.45, 2.75) is 26.7 Å². The number of fused-ring (bicyclic) bond motifs is 1. The number of aryl methyl sites for hydroxylation is 2. The quantitative estimate of drug-likeness (QED) is 0.583. The number of hydrogen-bond acceptors (Lipinski definition) is 4. The molecule has 2 heterocycles. The van der Waals surface area contributed by atoms with E-state index >= 15 is 0 Å². The van der Waals surface area contributed by atoms with Gasteiger partial charge in [-0.15, -0.1) is 11.8 Å². The van der Waals surface area contributed by atoms with E-state index in [1.165, 1.54) is 15.6 Å². The lowest BCUT2D eigenvalue weighted by Gasteiger charge is -2.30. The molecule has 0 bridgehead atoms. The Hall–Kier alpha value is -3.33. The Balaban J connectivity index is 1.39. The zero-order valence-corrected chi connectivity index (χ0v) is 20.2. The minimum atomic E-state index is -0.389. The monoisotopic (exact) mass is 482 g/mol. The number of carbonyl (C=O) groups excluding carboxylic acids is 2. The second-order valence-corrected chi connectivity index (χ2v) is 9.37. The Labute approximate surface area is 201 Å². The number of para-hydroxylation sites is 1. The third-order valence-electron chi connectivity index (χ3n) is 5.96. The van der Waals surface area contributed by atoms with Crippen molar-refractivity contribution in [3.63, 3.8) is 0 Å². The lowest BCUT2D eigenvalue weighted by Crippen LogP contribution is -2.37. The third-order valence-corrected chi connectivity index (χ3v) is 6.88. The van der Waals surface area contributed by atoms with Crippen LogP contribution >= 0.6 is 11.8 Å². The van der Waals surface area contributed by atoms with Crippen LogP contribution in [0, 0.1) is 19.7 Å². The van der Waals surface area contributed by atoms with Gasteiger partial charge in [-0.3, -0.25) is 19.1 Å². The summed E-state index contributed by atoms with van der Waals surface area (Å²) in [5.41, 5.74) is 3.24. The van der Waals surface area contributed by atoms with Crippen LogP contribution in [0.3, 0.4) is 0 Å². The van der Waals surface area contributed by atoms with Crippen LogP contribution in [0.5, 0.6) is 0 Å². The third kappa shape index (κ3) is 4.65. The number of carbonyl (C=O) groups is 2. The minimum Gasteiger partial charge on any atom is -0.319 e. The number of benzene rings is 2. The largest absolute Gasteiger partial charge is 0.319 e. The maximum Gasteiger partial charge on any atom is 0.295 e. The van der Waals surface area contributed by atoms with Crippen LogP contribution in [0.4, 0.5) is 15.8 Å². The van der Waals surface area contributed by atoms with Crippen molar-refractivity contribution in [2.24, 2.45) is 7.05 Å². The van der Waals surface area contributed by atoms with Crippen LogP contribution in [-0.4, -0.2) is 39.2 Å². The molecule has 1 N–H and O–H groups in total. The lowest BCUT2D eigenvalue weighted by atomic mass is 9.99. The molecule has 0 radical (unpaired) electrons. The number of aromatic nitrogens is 2. The van der Waals surface area contributed by atoms with Crippen molar-refractivity contribution >= 4 is 35.0 Å². The summed E-state index contributed by atoms with van der Waals surface area (Å²) in [7, 11) is 1.75. The van der Waals surface area contributed by atoms with E-state index in [1.807, 2.05) is 43.3 Å². The molecule has 0 atom stereocenters. The van der Waals surface area contributed by atoms with Gasteiger partial charge in [0.05, 0.1) is 28.6 Å². The molecular weight excluding hydrogens is 455 g/mol. The molecule has 1 aromatic heterocycles. The standard InChI is InChI=1S/C25H27FN4O3S/c1-16-12-18-8-7-11-29(24(18)20(26)13-16)22(32)15-34-14-21(31)27-23-17(2)28(3)30(25(23)33)19-9-5-4-6-10-19/h4-6,9-10,12-13H,7-8,11,14-15H2,1-3H3,(H,27,31). The zero-order chi connectivity index (χ0) is 24.4. The molecule has 1 aliphatic rings. The molecule has 0 spiro atoms. The van der Waals surface area contributed by atoms with Crippen molar-refractivity contribution in [3.8, 4) is 5.69 Å². The number of anilines is 2. The van der Waals surface area contributed by atoms with E-state index in [4.69, 9.17) is 0 Å². The first-order chi connectivity index (χ1) is 16.3. The van der Waals surface area contributed by atoms with Gasteiger partial charge in [0.25, 0.3) is 5.56 Å². The van der Waals surface area contributed by atoms with E-state index in [2.05, 4.69) is 5.32 Å². The van der Waals surface area contributed by atoms with E-state index in [-0.39, 0.29) is 40.4 Å². The minimum absolute atomic E-state index is 0.00191. The van der Waals surface area contributed by atoms with Crippen LogP contribution < -0.4 is 15.8 Å². The van der Waals surface area contributed by atoms with E-state index in [0.29, 0.717) is 23.6 Å². The first kappa shape index (κ1) is 23.8. The molecule has 2 amide bonds. The van der Waals surface area contributed by atoms with Gasteiger partial charge in [-0.05, 0) is 56.0 Å². The van der Waals surface area contributed by atoms with Gasteiger partial charge in [-0.25, -0.2) is 9.07 Å². The summed E-state index contributed by atoms with van der Waals surface area (Å²) in [5.74, 6) is -0.946. The van der Waals surface area contributed by atoms with Crippen LogP contribution in [-0.2, 0) is 23.1 Å². The van der Waals surface area contributed by atoms with E-state index < -0.39 is 0 Å². The Morgan fingerprint density at radius 1 is 1.12 bits per heavy atom. The number of amides is 2. The van der Waals surface area contributed by atoms with Gasteiger partial charge < -0.3 is 10.2 Å². The van der Waals surface area contributed by atoms with Crippen molar-refractivity contribution in [1.29, 1.82) is 0 Å². The number of thioether (sulfide) groups is 1. The second-order valence-electron chi connectivity index (χ2n) is 8.38. The fourth-order valence-electron chi connectivity index (χ4n) is 4.28. The van der Waals surface area contributed by atoms with Gasteiger partial charge in [-0.2, -0.15) is 0 Å². The Bertz CT molecular complexity index is 1300. The summed E-state index contributed by atoms with van der Waals surface area (Å²) in [4.78, 5) is 39.8. The molecule has 34 heavy (non-hydrogen) atoms. The van der Waals surface area contributed by atoms with Crippen LogP contribution in [0.25, 0.3) is 5.69 Å². The molecular formula is C25H27FN4O3S. The first-order valence-corrected chi connectivity index (χ1v) is 12.2. The highest BCUT2D eigenvalue weighted by Gasteiger charge is 2.26. The van der Waals surface area contributed by atoms with Crippen molar-refractivity contribution in [3.05, 3.63) is 75.5 Å². The molecule has 0 saturated heterocycles. The summed E-state index contributed by atoms with van der Waals surface area (Å²) in [6, 6.07) is 12.5. The Morgan fingerprint density at radius 3 is 2.59 bits per heavy atom. The Kier molecular flexibility index (Phi) is 6.92. The topological polar surface area (TPSA) is 76.3 Å². The zero-order valence-electron chi connectivity index (χ0n) is 19.4. The second kappa shape index (κ2) is 9.89. The maximum atomic E-state index is 14.6. The van der Waals surface area contributed by atoms with Gasteiger partial charge in [0.1, 0.15) is 11.5 Å². The molecule has 2 aromatic carbocycles. The average molecular weight is 483 g/mol. The highest BCUT2D eigenvalue weighted by Crippen LogP contribution is 2.31. The predicted molar refractivity (Wildman–Crippen MR) is 134 cm³/mol. The molecule has 9 heteroatoms. The highest BCUT2D eigenvalue weighted by molar-refractivity contribution is 8.00. The first-order valence-electron chi connectivity index (χ1n) is 11.1. The maximum absolute atomic E-state index is 14.6. The van der Waals surface area contributed by atoms with Crippen LogP contribution in [0.1, 0.15) is 23.2 Å². The molecule has 0 fully saturated rings. The SMILES string of the molecule is Cc1cc(F)c2c(c1)CCCN2C(=O)CSCC(=O)Nc1c(C)n(C)n(-c2ccccc2)c1=O. The summed E-state index contributed by atoms with van der Waals surface area (Å²) in [5, 5.41) is 2.69. The molecule has 178 valence electrons. The van der Waals surface area contributed by atoms with Gasteiger partial charge in [0.15, 0.2) is 0 Å². The fourth-order valence-corrected chi connectivity index (χ4v) is 4.97. The van der Waals surface area contributed by atoms with Crippen molar-refractivity contribution in [2.75, 3.05) is 28.3 Å². The summed E-state index contributed by atoms with van der Waals surface area (Å²) in [6.07, 6.45) is 1.51. The smallest absolute Gasteiger partial charge is 0.295 e. The number of nitrogens with zero attached hydrogens (tertiary/aromatic N) is 3. The number of nitrogens with one attached hydrogen (secondary N) is 1. The number of halogens is 1. The van der Waals surface area contributed by atoms with Gasteiger partial charge in [0.2, 0.25) is 11.8 Å². The van der Waals surface area contributed by atoms with Crippen molar-refractivity contribution in [1.82, 2.24) is 9.36 Å². The number of rotatable bonds is 6. The molecule has 0 unspecified atom stereocenters. The van der Waals surface area contributed by atoms with E-state index in [9.17, 15) is 18.8 Å². The van der Waals surface area contributed by atoms with Gasteiger partial charge in [0, 0.05) is 13.6 Å². The molecule has 4 rings (SSSR count). The summed E-state index contributed by atoms with van der Waals surface area (Å²) in [6.45, 7) is 4.06. The van der Waals surface area contributed by atoms with Crippen LogP contribution in [0.15, 0.2) is 47.3 Å². The fraction of sp³-hybridized carbons (Fsp3) is 0.320. The molecule has 3 aromatic rings. The number of hydrogen-bond donors (Lipinski definition) is 1. The van der Waals surface area contributed by atoms with Crippen molar-refractivity contribution < 1.29 is 14.0 Å².